The van der Waals surface area contributed by atoms with Crippen molar-refractivity contribution in [3.63, 3.8) is 0 Å². The monoisotopic (exact) mass is 322 g/mol. The largest absolute Gasteiger partial charge is 0.461 e. The number of esters is 1. The molecule has 2 heterocycles. The highest BCUT2D eigenvalue weighted by Gasteiger charge is 2.27. The number of fused-ring (bicyclic) bond motifs is 3. The molecule has 24 heavy (non-hydrogen) atoms. The molecule has 1 N–H and O–H groups in total. The van der Waals surface area contributed by atoms with Crippen LogP contribution in [0.25, 0.3) is 21.8 Å². The maximum absolute atomic E-state index is 12.5. The van der Waals surface area contributed by atoms with Gasteiger partial charge in [-0.2, -0.15) is 0 Å². The average Bonchev–Trinajstić information content (AvgIpc) is 3.00. The van der Waals surface area contributed by atoms with Crippen LogP contribution < -0.4 is 0 Å². The highest BCUT2D eigenvalue weighted by atomic mass is 16.5. The maximum atomic E-state index is 12.5. The first-order valence-electron chi connectivity index (χ1n) is 8.86. The molecule has 0 unspecified atom stereocenters. The smallest absolute Gasteiger partial charge is 0.357 e. The van der Waals surface area contributed by atoms with E-state index < -0.39 is 0 Å². The maximum Gasteiger partial charge on any atom is 0.357 e. The minimum atomic E-state index is -0.301. The second kappa shape index (κ2) is 6.27. The van der Waals surface area contributed by atoms with Crippen molar-refractivity contribution in [3.8, 4) is 0 Å². The molecule has 4 nitrogen and oxygen atoms in total. The third kappa shape index (κ3) is 2.46. The number of benzene rings is 1. The van der Waals surface area contributed by atoms with E-state index in [1.165, 1.54) is 24.6 Å². The van der Waals surface area contributed by atoms with Gasteiger partial charge < -0.3 is 9.72 Å². The van der Waals surface area contributed by atoms with Gasteiger partial charge in [0.25, 0.3) is 0 Å². The van der Waals surface area contributed by atoms with E-state index in [1.54, 1.807) is 6.20 Å². The van der Waals surface area contributed by atoms with Crippen molar-refractivity contribution in [1.82, 2.24) is 9.97 Å². The van der Waals surface area contributed by atoms with Gasteiger partial charge >= 0.3 is 5.97 Å². The van der Waals surface area contributed by atoms with E-state index in [0.717, 1.165) is 34.8 Å². The van der Waals surface area contributed by atoms with Gasteiger partial charge in [0.2, 0.25) is 0 Å². The first-order valence-corrected chi connectivity index (χ1v) is 8.86. The normalized spacial score (nSPS) is 15.9. The fourth-order valence-corrected chi connectivity index (χ4v) is 4.02. The van der Waals surface area contributed by atoms with Crippen LogP contribution in [0.4, 0.5) is 0 Å². The summed E-state index contributed by atoms with van der Waals surface area (Å²) in [6.45, 7) is 2.21. The SMILES string of the molecule is CCOC(=O)c1ncc2[nH]c3ccccc3c2c1C1CCCCC1. The summed E-state index contributed by atoms with van der Waals surface area (Å²) in [7, 11) is 0. The minimum absolute atomic E-state index is 0.301. The summed E-state index contributed by atoms with van der Waals surface area (Å²) in [6.07, 6.45) is 7.72. The number of aromatic nitrogens is 2. The van der Waals surface area contributed by atoms with E-state index in [1.807, 2.05) is 19.1 Å². The van der Waals surface area contributed by atoms with E-state index in [2.05, 4.69) is 22.1 Å². The second-order valence-electron chi connectivity index (χ2n) is 6.54. The molecule has 0 amide bonds. The molecule has 2 aromatic heterocycles. The van der Waals surface area contributed by atoms with Gasteiger partial charge in [0.15, 0.2) is 5.69 Å². The van der Waals surface area contributed by atoms with Gasteiger partial charge in [0.05, 0.1) is 18.3 Å². The molecule has 0 spiro atoms. The predicted molar refractivity (Wildman–Crippen MR) is 95.4 cm³/mol. The lowest BCUT2D eigenvalue weighted by Crippen LogP contribution is -2.15. The zero-order valence-electron chi connectivity index (χ0n) is 14.0. The number of hydrogen-bond acceptors (Lipinski definition) is 3. The fraction of sp³-hybridized carbons (Fsp3) is 0.400. The average molecular weight is 322 g/mol. The van der Waals surface area contributed by atoms with Crippen molar-refractivity contribution in [2.75, 3.05) is 6.61 Å². The van der Waals surface area contributed by atoms with Crippen LogP contribution >= 0.6 is 0 Å². The van der Waals surface area contributed by atoms with Crippen LogP contribution in [-0.4, -0.2) is 22.5 Å². The number of carbonyl (C=O) groups is 1. The van der Waals surface area contributed by atoms with Gasteiger partial charge in [0.1, 0.15) is 0 Å². The predicted octanol–water partition coefficient (Wildman–Crippen LogP) is 4.94. The summed E-state index contributed by atoms with van der Waals surface area (Å²) in [6, 6.07) is 8.27. The zero-order valence-corrected chi connectivity index (χ0v) is 14.0. The number of nitrogens with one attached hydrogen (secondary N) is 1. The Labute approximate surface area is 141 Å². The van der Waals surface area contributed by atoms with E-state index in [4.69, 9.17) is 4.74 Å². The van der Waals surface area contributed by atoms with E-state index >= 15 is 0 Å². The number of ether oxygens (including phenoxy) is 1. The Hall–Kier alpha value is -2.36. The van der Waals surface area contributed by atoms with Crippen LogP contribution in [-0.2, 0) is 4.74 Å². The molecule has 1 aliphatic rings. The summed E-state index contributed by atoms with van der Waals surface area (Å²) in [5.74, 6) is 0.0822. The third-order valence-corrected chi connectivity index (χ3v) is 5.06. The van der Waals surface area contributed by atoms with E-state index in [0.29, 0.717) is 18.2 Å². The molecule has 3 aromatic rings. The van der Waals surface area contributed by atoms with Gasteiger partial charge in [-0.25, -0.2) is 9.78 Å². The van der Waals surface area contributed by atoms with Crippen LogP contribution in [0.2, 0.25) is 0 Å². The Morgan fingerprint density at radius 2 is 2.00 bits per heavy atom. The van der Waals surface area contributed by atoms with Crippen LogP contribution in [0.5, 0.6) is 0 Å². The Kier molecular flexibility index (Phi) is 3.97. The summed E-state index contributed by atoms with van der Waals surface area (Å²) >= 11 is 0. The third-order valence-electron chi connectivity index (χ3n) is 5.06. The first kappa shape index (κ1) is 15.2. The van der Waals surface area contributed by atoms with Crippen molar-refractivity contribution < 1.29 is 9.53 Å². The van der Waals surface area contributed by atoms with Gasteiger partial charge in [-0.05, 0) is 37.3 Å². The molecule has 1 fully saturated rings. The van der Waals surface area contributed by atoms with Gasteiger partial charge in [-0.15, -0.1) is 0 Å². The molecule has 124 valence electrons. The molecule has 0 saturated heterocycles. The van der Waals surface area contributed by atoms with E-state index in [-0.39, 0.29) is 5.97 Å². The summed E-state index contributed by atoms with van der Waals surface area (Å²) in [5.41, 5.74) is 3.68. The summed E-state index contributed by atoms with van der Waals surface area (Å²) in [5, 5.41) is 2.32. The number of aromatic amines is 1. The molecule has 0 atom stereocenters. The number of pyridine rings is 1. The van der Waals surface area contributed by atoms with Crippen molar-refractivity contribution in [2.45, 2.75) is 44.9 Å². The van der Waals surface area contributed by atoms with Gasteiger partial charge in [-0.3, -0.25) is 0 Å². The highest BCUT2D eigenvalue weighted by molar-refractivity contribution is 6.11. The summed E-state index contributed by atoms with van der Waals surface area (Å²) < 4.78 is 5.29. The van der Waals surface area contributed by atoms with Crippen LogP contribution in [0, 0.1) is 0 Å². The lowest BCUT2D eigenvalue weighted by molar-refractivity contribution is 0.0517. The van der Waals surface area contributed by atoms with Crippen LogP contribution in [0.1, 0.15) is 61.0 Å². The molecule has 1 aliphatic carbocycles. The Bertz CT molecular complexity index is 891. The molecule has 4 rings (SSSR count). The molecular formula is C20H22N2O2. The van der Waals surface area contributed by atoms with Crippen LogP contribution in [0.3, 0.4) is 0 Å². The lowest BCUT2D eigenvalue weighted by Gasteiger charge is -2.24. The van der Waals surface area contributed by atoms with Gasteiger partial charge in [0, 0.05) is 16.3 Å². The quantitative estimate of drug-likeness (QED) is 0.695. The highest BCUT2D eigenvalue weighted by Crippen LogP contribution is 2.40. The zero-order chi connectivity index (χ0) is 16.5. The number of hydrogen-bond donors (Lipinski definition) is 1. The van der Waals surface area contributed by atoms with Crippen LogP contribution in [0.15, 0.2) is 30.5 Å². The molecular weight excluding hydrogens is 300 g/mol. The first-order chi connectivity index (χ1) is 11.8. The Morgan fingerprint density at radius 1 is 1.21 bits per heavy atom. The molecule has 1 saturated carbocycles. The number of nitrogens with zero attached hydrogens (tertiary/aromatic N) is 1. The molecule has 0 bridgehead atoms. The topological polar surface area (TPSA) is 55.0 Å². The Balaban J connectivity index is 2.00. The Morgan fingerprint density at radius 3 is 2.79 bits per heavy atom. The minimum Gasteiger partial charge on any atom is -0.461 e. The lowest BCUT2D eigenvalue weighted by atomic mass is 9.81. The second-order valence-corrected chi connectivity index (χ2v) is 6.54. The van der Waals surface area contributed by atoms with Crippen molar-refractivity contribution in [2.24, 2.45) is 0 Å². The molecule has 1 aromatic carbocycles. The van der Waals surface area contributed by atoms with Gasteiger partial charge in [-0.1, -0.05) is 37.5 Å². The molecule has 4 heteroatoms. The van der Waals surface area contributed by atoms with Crippen molar-refractivity contribution in [3.05, 3.63) is 41.7 Å². The summed E-state index contributed by atoms with van der Waals surface area (Å²) in [4.78, 5) is 20.4. The molecule has 0 radical (unpaired) electrons. The van der Waals surface area contributed by atoms with E-state index in [9.17, 15) is 4.79 Å². The number of carbonyl (C=O) groups excluding carboxylic acids is 1. The fourth-order valence-electron chi connectivity index (χ4n) is 4.02. The number of H-pyrrole nitrogens is 1. The number of para-hydroxylation sites is 1. The standard InChI is InChI=1S/C20H22N2O2/c1-2-24-20(23)19-17(13-8-4-3-5-9-13)18-14-10-6-7-11-15(14)22-16(18)12-21-19/h6-7,10-13,22H,2-5,8-9H2,1H3. The van der Waals surface area contributed by atoms with Crippen molar-refractivity contribution in [1.29, 1.82) is 0 Å². The van der Waals surface area contributed by atoms with Crippen molar-refractivity contribution >= 4 is 27.8 Å². The number of rotatable bonds is 3. The molecule has 0 aliphatic heterocycles.